The van der Waals surface area contributed by atoms with E-state index in [0.29, 0.717) is 43.1 Å². The molecule has 1 N–H and O–H groups in total. The molecule has 0 aliphatic carbocycles. The fourth-order valence-electron chi connectivity index (χ4n) is 4.55. The highest BCUT2D eigenvalue weighted by atomic mass is 127. The zero-order chi connectivity index (χ0) is 29.7. The number of rotatable bonds is 10. The Bertz CT molecular complexity index is 1280. The summed E-state index contributed by atoms with van der Waals surface area (Å²) in [6, 6.07) is 7.04. The summed E-state index contributed by atoms with van der Waals surface area (Å²) in [7, 11) is -0.759. The number of carbonyl (C=O) groups excluding carboxylic acids is 2. The number of methoxy groups -OCH3 is 2. The summed E-state index contributed by atoms with van der Waals surface area (Å²) in [6.07, 6.45) is 2.48. The van der Waals surface area contributed by atoms with E-state index in [9.17, 15) is 18.0 Å². The highest BCUT2D eigenvalue weighted by Crippen LogP contribution is 2.29. The quantitative estimate of drug-likeness (QED) is 0.289. The molecule has 0 radical (unpaired) electrons. The van der Waals surface area contributed by atoms with E-state index in [1.807, 2.05) is 26.8 Å². The van der Waals surface area contributed by atoms with E-state index < -0.39 is 27.9 Å². The molecular formula is C27H38IN3O8S. The smallest absolute Gasteiger partial charge is 0.410 e. The molecular weight excluding hydrogens is 653 g/mol. The molecule has 2 heterocycles. The predicted octanol–water partition coefficient (Wildman–Crippen LogP) is 4.27. The number of aromatic nitrogens is 1. The van der Waals surface area contributed by atoms with Gasteiger partial charge in [-0.15, -0.1) is 0 Å². The van der Waals surface area contributed by atoms with Gasteiger partial charge in [-0.05, 0) is 80.3 Å². The molecule has 0 saturated carbocycles. The molecule has 1 aliphatic heterocycles. The van der Waals surface area contributed by atoms with Gasteiger partial charge in [0.1, 0.15) is 22.8 Å². The largest absolute Gasteiger partial charge is 0.497 e. The van der Waals surface area contributed by atoms with Crippen molar-refractivity contribution in [3.8, 4) is 11.5 Å². The molecule has 1 saturated heterocycles. The number of hydrogen-bond donors (Lipinski definition) is 1. The van der Waals surface area contributed by atoms with E-state index in [1.165, 1.54) is 7.11 Å². The lowest BCUT2D eigenvalue weighted by molar-refractivity contribution is 0.00767. The van der Waals surface area contributed by atoms with Crippen LogP contribution >= 0.6 is 22.6 Å². The normalized spacial score (nSPS) is 15.4. The number of aromatic amines is 1. The summed E-state index contributed by atoms with van der Waals surface area (Å²) in [5.41, 5.74) is 0.472. The molecule has 1 atom stereocenters. The molecule has 3 rings (SSSR count). The van der Waals surface area contributed by atoms with Crippen LogP contribution in [-0.4, -0.2) is 87.0 Å². The third-order valence-corrected chi connectivity index (χ3v) is 7.66. The summed E-state index contributed by atoms with van der Waals surface area (Å²) in [6.45, 7) is 6.35. The maximum absolute atomic E-state index is 13.7. The van der Waals surface area contributed by atoms with Crippen molar-refractivity contribution in [2.75, 3.05) is 40.1 Å². The number of nitrogens with one attached hydrogen (secondary N) is 1. The molecule has 222 valence electrons. The molecule has 1 unspecified atom stereocenters. The van der Waals surface area contributed by atoms with Crippen molar-refractivity contribution in [2.24, 2.45) is 5.92 Å². The van der Waals surface area contributed by atoms with Crippen LogP contribution in [0.3, 0.4) is 0 Å². The highest BCUT2D eigenvalue weighted by molar-refractivity contribution is 14.1. The molecule has 1 aromatic heterocycles. The molecule has 11 nitrogen and oxygen atoms in total. The van der Waals surface area contributed by atoms with Gasteiger partial charge in [0.2, 0.25) is 0 Å². The molecule has 2 amide bonds. The second-order valence-corrected chi connectivity index (χ2v) is 13.6. The second-order valence-electron chi connectivity index (χ2n) is 10.7. The van der Waals surface area contributed by atoms with Gasteiger partial charge >= 0.3 is 6.09 Å². The lowest BCUT2D eigenvalue weighted by Crippen LogP contribution is -2.47. The molecule has 1 aromatic carbocycles. The topological polar surface area (TPSA) is 127 Å². The minimum Gasteiger partial charge on any atom is -0.497 e. The predicted molar refractivity (Wildman–Crippen MR) is 158 cm³/mol. The molecule has 1 fully saturated rings. The zero-order valence-electron chi connectivity index (χ0n) is 23.7. The average Bonchev–Trinajstić information content (AvgIpc) is 3.32. The zero-order valence-corrected chi connectivity index (χ0v) is 26.7. The minimum absolute atomic E-state index is 0.00773. The van der Waals surface area contributed by atoms with Crippen molar-refractivity contribution < 1.29 is 36.4 Å². The monoisotopic (exact) mass is 691 g/mol. The lowest BCUT2D eigenvalue weighted by atomic mass is 9.91. The first-order chi connectivity index (χ1) is 18.7. The Morgan fingerprint density at radius 3 is 2.35 bits per heavy atom. The van der Waals surface area contributed by atoms with Crippen molar-refractivity contribution in [2.45, 2.75) is 51.9 Å². The lowest BCUT2D eigenvalue weighted by Gasteiger charge is -2.37. The van der Waals surface area contributed by atoms with E-state index in [0.717, 1.165) is 15.4 Å². The third kappa shape index (κ3) is 9.26. The van der Waals surface area contributed by atoms with Gasteiger partial charge < -0.3 is 29.0 Å². The molecule has 40 heavy (non-hydrogen) atoms. The maximum atomic E-state index is 13.7. The van der Waals surface area contributed by atoms with Crippen LogP contribution in [0.1, 0.15) is 49.7 Å². The van der Waals surface area contributed by atoms with Crippen LogP contribution in [0.4, 0.5) is 4.79 Å². The SMILES string of the molecule is COc1ccc(CN(CC(OS(C)(=O)=O)C2CCN(C(=O)OC(C)(C)C)CC2)C(=O)c2cc(I)c[nH]2)c(OC)c1. The van der Waals surface area contributed by atoms with Gasteiger partial charge in [-0.25, -0.2) is 4.79 Å². The fourth-order valence-corrected chi connectivity index (χ4v) is 5.68. The summed E-state index contributed by atoms with van der Waals surface area (Å²) < 4.78 is 47.4. The van der Waals surface area contributed by atoms with Crippen molar-refractivity contribution in [1.29, 1.82) is 0 Å². The number of hydrogen-bond acceptors (Lipinski definition) is 8. The molecule has 0 bridgehead atoms. The molecule has 0 spiro atoms. The Kier molecular flexibility index (Phi) is 10.7. The number of benzene rings is 1. The van der Waals surface area contributed by atoms with E-state index in [2.05, 4.69) is 27.6 Å². The fraction of sp³-hybridized carbons (Fsp3) is 0.556. The summed E-state index contributed by atoms with van der Waals surface area (Å²) in [5.74, 6) is 0.608. The van der Waals surface area contributed by atoms with Crippen molar-refractivity contribution >= 4 is 44.7 Å². The Balaban J connectivity index is 1.87. The average molecular weight is 692 g/mol. The molecule has 13 heteroatoms. The van der Waals surface area contributed by atoms with Crippen LogP contribution in [0.25, 0.3) is 0 Å². The highest BCUT2D eigenvalue weighted by Gasteiger charge is 2.35. The van der Waals surface area contributed by atoms with Crippen LogP contribution in [0.15, 0.2) is 30.5 Å². The third-order valence-electron chi connectivity index (χ3n) is 6.44. The standard InChI is InChI=1S/C27H38IN3O8S/c1-27(2,3)38-26(33)30-11-9-18(10-12-30)24(39-40(6,34)35)17-31(25(32)22-13-20(28)15-29-22)16-19-7-8-21(36-4)14-23(19)37-5/h7-8,13-15,18,24,29H,9-12,16-17H2,1-6H3. The molecule has 1 aliphatic rings. The van der Waals surface area contributed by atoms with E-state index in [4.69, 9.17) is 18.4 Å². The first kappa shape index (κ1) is 32.0. The number of likely N-dealkylation sites (tertiary alicyclic amines) is 1. The van der Waals surface area contributed by atoms with Gasteiger partial charge in [-0.2, -0.15) is 8.42 Å². The number of halogens is 1. The maximum Gasteiger partial charge on any atom is 0.410 e. The minimum atomic E-state index is -3.85. The van der Waals surface area contributed by atoms with Gasteiger partial charge in [-0.1, -0.05) is 0 Å². The van der Waals surface area contributed by atoms with E-state index >= 15 is 0 Å². The van der Waals surface area contributed by atoms with Gasteiger partial charge in [0.25, 0.3) is 16.0 Å². The summed E-state index contributed by atoms with van der Waals surface area (Å²) in [4.78, 5) is 32.4. The number of H-pyrrole nitrogens is 1. The first-order valence-corrected chi connectivity index (χ1v) is 15.8. The van der Waals surface area contributed by atoms with Gasteiger partial charge in [-0.3, -0.25) is 8.98 Å². The van der Waals surface area contributed by atoms with Crippen LogP contribution in [0.5, 0.6) is 11.5 Å². The van der Waals surface area contributed by atoms with Gasteiger partial charge in [0, 0.05) is 47.6 Å². The van der Waals surface area contributed by atoms with E-state index in [1.54, 1.807) is 41.3 Å². The van der Waals surface area contributed by atoms with Gasteiger partial charge in [0.05, 0.1) is 26.6 Å². The number of amides is 2. The van der Waals surface area contributed by atoms with Crippen molar-refractivity contribution in [3.63, 3.8) is 0 Å². The Labute approximate surface area is 249 Å². The Hall–Kier alpha value is -2.52. The first-order valence-electron chi connectivity index (χ1n) is 12.9. The number of ether oxygens (including phenoxy) is 3. The van der Waals surface area contributed by atoms with Crippen molar-refractivity contribution in [3.05, 3.63) is 45.3 Å². The van der Waals surface area contributed by atoms with Gasteiger partial charge in [0.15, 0.2) is 0 Å². The second kappa shape index (κ2) is 13.4. The van der Waals surface area contributed by atoms with Crippen LogP contribution in [0.2, 0.25) is 0 Å². The summed E-state index contributed by atoms with van der Waals surface area (Å²) >= 11 is 2.11. The van der Waals surface area contributed by atoms with Crippen LogP contribution in [0, 0.1) is 9.49 Å². The van der Waals surface area contributed by atoms with E-state index in [-0.39, 0.29) is 24.9 Å². The number of carbonyl (C=O) groups is 2. The van der Waals surface area contributed by atoms with Crippen LogP contribution < -0.4 is 9.47 Å². The Morgan fingerprint density at radius 1 is 1.15 bits per heavy atom. The number of nitrogens with zero attached hydrogens (tertiary/aromatic N) is 2. The molecule has 2 aromatic rings. The Morgan fingerprint density at radius 2 is 1.82 bits per heavy atom. The van der Waals surface area contributed by atoms with Crippen LogP contribution in [-0.2, 0) is 25.6 Å². The van der Waals surface area contributed by atoms with Crippen molar-refractivity contribution in [1.82, 2.24) is 14.8 Å². The summed E-state index contributed by atoms with van der Waals surface area (Å²) in [5, 5.41) is 0. The number of piperidine rings is 1.